The second-order valence-corrected chi connectivity index (χ2v) is 5.79. The molecule has 98 valence electrons. The molecule has 1 atom stereocenters. The monoisotopic (exact) mass is 236 g/mol. The van der Waals surface area contributed by atoms with Crippen LogP contribution >= 0.6 is 0 Å². The Bertz CT molecular complexity index is 234. The molecule has 1 heterocycles. The Morgan fingerprint density at radius 2 is 1.88 bits per heavy atom. The summed E-state index contributed by atoms with van der Waals surface area (Å²) in [6, 6.07) is 1.35. The predicted octanol–water partition coefficient (Wildman–Crippen LogP) is 2.50. The van der Waals surface area contributed by atoms with E-state index in [1.54, 1.807) is 0 Å². The molecule has 0 saturated carbocycles. The zero-order chi connectivity index (χ0) is 12.7. The molecule has 1 aliphatic rings. The third-order valence-corrected chi connectivity index (χ3v) is 3.60. The van der Waals surface area contributed by atoms with Gasteiger partial charge in [-0.2, -0.15) is 0 Å². The van der Waals surface area contributed by atoms with Gasteiger partial charge in [-0.25, -0.2) is 0 Å². The number of hydrogen-bond acceptors (Lipinski definition) is 2. The minimum Gasteiger partial charge on any atom is -0.311 e. The summed E-state index contributed by atoms with van der Waals surface area (Å²) in [7, 11) is 0. The van der Waals surface area contributed by atoms with E-state index in [1.807, 2.05) is 0 Å². The molecule has 1 fully saturated rings. The molecule has 1 saturated heterocycles. The Morgan fingerprint density at radius 1 is 1.24 bits per heavy atom. The zero-order valence-corrected chi connectivity index (χ0v) is 11.7. The number of piperidine rings is 1. The van der Waals surface area contributed by atoms with E-state index in [0.29, 0.717) is 12.1 Å². The summed E-state index contributed by atoms with van der Waals surface area (Å²) >= 11 is 0. The lowest BCUT2D eigenvalue weighted by molar-refractivity contribution is 0.208. The maximum Gasteiger partial charge on any atom is 0.0598 e. The van der Waals surface area contributed by atoms with Crippen molar-refractivity contribution in [2.75, 3.05) is 19.6 Å². The van der Waals surface area contributed by atoms with E-state index < -0.39 is 0 Å². The van der Waals surface area contributed by atoms with Crippen LogP contribution in [0.25, 0.3) is 0 Å². The van der Waals surface area contributed by atoms with Crippen molar-refractivity contribution in [1.82, 2.24) is 10.2 Å². The molecule has 0 radical (unpaired) electrons. The van der Waals surface area contributed by atoms with Gasteiger partial charge in [0, 0.05) is 25.2 Å². The molecule has 0 spiro atoms. The summed E-state index contributed by atoms with van der Waals surface area (Å²) in [5.41, 5.74) is 0. The van der Waals surface area contributed by atoms with Crippen LogP contribution in [-0.2, 0) is 0 Å². The first-order valence-electron chi connectivity index (χ1n) is 7.03. The summed E-state index contributed by atoms with van der Waals surface area (Å²) in [6.45, 7) is 10.0. The van der Waals surface area contributed by atoms with E-state index in [9.17, 15) is 0 Å². The van der Waals surface area contributed by atoms with Crippen LogP contribution in [0.4, 0.5) is 0 Å². The fraction of sp³-hybridized carbons (Fsp3) is 0.867. The highest BCUT2D eigenvalue weighted by atomic mass is 15.1. The van der Waals surface area contributed by atoms with Crippen LogP contribution < -0.4 is 5.32 Å². The van der Waals surface area contributed by atoms with Crippen molar-refractivity contribution in [2.24, 2.45) is 5.92 Å². The molecule has 0 aromatic heterocycles. The van der Waals surface area contributed by atoms with Gasteiger partial charge in [-0.15, -0.1) is 6.42 Å². The summed E-state index contributed by atoms with van der Waals surface area (Å²) in [5, 5.41) is 3.76. The fourth-order valence-electron chi connectivity index (χ4n) is 2.46. The van der Waals surface area contributed by atoms with Gasteiger partial charge in [-0.1, -0.05) is 19.8 Å². The molecule has 1 unspecified atom stereocenters. The second-order valence-electron chi connectivity index (χ2n) is 5.79. The summed E-state index contributed by atoms with van der Waals surface area (Å²) in [4.78, 5) is 2.37. The van der Waals surface area contributed by atoms with Gasteiger partial charge < -0.3 is 5.32 Å². The molecule has 0 amide bonds. The van der Waals surface area contributed by atoms with Gasteiger partial charge in [0.15, 0.2) is 0 Å². The molecule has 2 nitrogen and oxygen atoms in total. The molecule has 1 N–H and O–H groups in total. The van der Waals surface area contributed by atoms with Crippen LogP contribution in [0.1, 0.15) is 46.5 Å². The van der Waals surface area contributed by atoms with Gasteiger partial charge in [0.05, 0.1) is 6.54 Å². The van der Waals surface area contributed by atoms with Crippen molar-refractivity contribution in [1.29, 1.82) is 0 Å². The zero-order valence-electron chi connectivity index (χ0n) is 11.7. The lowest BCUT2D eigenvalue weighted by Gasteiger charge is -2.33. The van der Waals surface area contributed by atoms with E-state index >= 15 is 0 Å². The quantitative estimate of drug-likeness (QED) is 0.713. The third kappa shape index (κ3) is 6.10. The first kappa shape index (κ1) is 14.5. The van der Waals surface area contributed by atoms with Gasteiger partial charge in [-0.3, -0.25) is 4.90 Å². The van der Waals surface area contributed by atoms with Crippen molar-refractivity contribution in [3.05, 3.63) is 0 Å². The Kier molecular flexibility index (Phi) is 6.62. The number of terminal acetylenes is 1. The van der Waals surface area contributed by atoms with E-state index in [1.165, 1.54) is 25.7 Å². The topological polar surface area (TPSA) is 15.3 Å². The number of nitrogens with one attached hydrogen (secondary N) is 1. The molecule has 0 bridgehead atoms. The smallest absolute Gasteiger partial charge is 0.0598 e. The van der Waals surface area contributed by atoms with Crippen LogP contribution in [0.15, 0.2) is 0 Å². The van der Waals surface area contributed by atoms with Crippen molar-refractivity contribution in [2.45, 2.75) is 58.5 Å². The molecular formula is C15H28N2. The average molecular weight is 236 g/mol. The van der Waals surface area contributed by atoms with Gasteiger partial charge in [0.25, 0.3) is 0 Å². The maximum atomic E-state index is 5.34. The Hall–Kier alpha value is -0.520. The van der Waals surface area contributed by atoms with Crippen molar-refractivity contribution in [3.63, 3.8) is 0 Å². The van der Waals surface area contributed by atoms with Gasteiger partial charge in [0.2, 0.25) is 0 Å². The largest absolute Gasteiger partial charge is 0.311 e. The second kappa shape index (κ2) is 7.74. The SMILES string of the molecule is C#CCN1CCC(NC(C)CCC(C)C)CC1. The lowest BCUT2D eigenvalue weighted by Crippen LogP contribution is -2.45. The minimum absolute atomic E-state index is 0.654. The van der Waals surface area contributed by atoms with E-state index in [-0.39, 0.29) is 0 Å². The molecule has 17 heavy (non-hydrogen) atoms. The van der Waals surface area contributed by atoms with Crippen molar-refractivity contribution in [3.8, 4) is 12.3 Å². The van der Waals surface area contributed by atoms with Gasteiger partial charge in [0.1, 0.15) is 0 Å². The fourth-order valence-corrected chi connectivity index (χ4v) is 2.46. The van der Waals surface area contributed by atoms with Gasteiger partial charge >= 0.3 is 0 Å². The summed E-state index contributed by atoms with van der Waals surface area (Å²) in [6.07, 6.45) is 10.4. The number of likely N-dealkylation sites (tertiary alicyclic amines) is 1. The van der Waals surface area contributed by atoms with E-state index in [0.717, 1.165) is 25.6 Å². The third-order valence-electron chi connectivity index (χ3n) is 3.60. The van der Waals surface area contributed by atoms with Crippen LogP contribution in [0.5, 0.6) is 0 Å². The molecule has 2 heteroatoms. The first-order valence-corrected chi connectivity index (χ1v) is 7.03. The van der Waals surface area contributed by atoms with Crippen LogP contribution in [0.2, 0.25) is 0 Å². The normalized spacial score (nSPS) is 20.4. The first-order chi connectivity index (χ1) is 8.11. The van der Waals surface area contributed by atoms with Crippen LogP contribution in [-0.4, -0.2) is 36.6 Å². The number of hydrogen-bond donors (Lipinski definition) is 1. The van der Waals surface area contributed by atoms with Crippen LogP contribution in [0.3, 0.4) is 0 Å². The molecule has 0 aromatic carbocycles. The number of rotatable bonds is 6. The summed E-state index contributed by atoms with van der Waals surface area (Å²) < 4.78 is 0. The molecular weight excluding hydrogens is 208 g/mol. The van der Waals surface area contributed by atoms with Crippen molar-refractivity contribution >= 4 is 0 Å². The number of nitrogens with zero attached hydrogens (tertiary/aromatic N) is 1. The predicted molar refractivity (Wildman–Crippen MR) is 75.0 cm³/mol. The molecule has 0 aliphatic carbocycles. The molecule has 1 rings (SSSR count). The van der Waals surface area contributed by atoms with Gasteiger partial charge in [-0.05, 0) is 38.5 Å². The Labute approximate surface area is 107 Å². The average Bonchev–Trinajstić information content (AvgIpc) is 2.29. The van der Waals surface area contributed by atoms with E-state index in [2.05, 4.69) is 36.9 Å². The highest BCUT2D eigenvalue weighted by Gasteiger charge is 2.19. The standard InChI is InChI=1S/C15H28N2/c1-5-10-17-11-8-15(9-12-17)16-14(4)7-6-13(2)3/h1,13-16H,6-12H2,2-4H3. The summed E-state index contributed by atoms with van der Waals surface area (Å²) in [5.74, 6) is 3.55. The Morgan fingerprint density at radius 3 is 2.41 bits per heavy atom. The Balaban J connectivity index is 2.15. The molecule has 0 aromatic rings. The highest BCUT2D eigenvalue weighted by molar-refractivity contribution is 4.90. The van der Waals surface area contributed by atoms with E-state index in [4.69, 9.17) is 6.42 Å². The molecule has 1 aliphatic heterocycles. The minimum atomic E-state index is 0.654. The maximum absolute atomic E-state index is 5.34. The lowest BCUT2D eigenvalue weighted by atomic mass is 10.0. The van der Waals surface area contributed by atoms with Crippen LogP contribution in [0, 0.1) is 18.3 Å². The highest BCUT2D eigenvalue weighted by Crippen LogP contribution is 2.13. The van der Waals surface area contributed by atoms with Crippen molar-refractivity contribution < 1.29 is 0 Å².